The smallest absolute Gasteiger partial charge is 0.308 e. The molecule has 0 spiro atoms. The highest BCUT2D eigenvalue weighted by molar-refractivity contribution is 7.10. The lowest BCUT2D eigenvalue weighted by molar-refractivity contribution is -0.140. The van der Waals surface area contributed by atoms with Gasteiger partial charge in [0, 0.05) is 13.6 Å². The molecule has 0 bridgehead atoms. The van der Waals surface area contributed by atoms with Crippen molar-refractivity contribution in [2.45, 2.75) is 13.8 Å². The molecule has 1 N–H and O–H groups in total. The van der Waals surface area contributed by atoms with Crippen molar-refractivity contribution in [1.29, 1.82) is 5.26 Å². The van der Waals surface area contributed by atoms with Crippen LogP contribution in [0.25, 0.3) is 0 Å². The van der Waals surface area contributed by atoms with Crippen molar-refractivity contribution < 1.29 is 9.90 Å². The summed E-state index contributed by atoms with van der Waals surface area (Å²) < 4.78 is 4.09. The number of aliphatic carboxylic acids is 1. The first-order valence-corrected chi connectivity index (χ1v) is 5.55. The van der Waals surface area contributed by atoms with Crippen LogP contribution in [0.5, 0.6) is 0 Å². The molecule has 86 valence electrons. The highest BCUT2D eigenvalue weighted by atomic mass is 32.1. The summed E-state index contributed by atoms with van der Waals surface area (Å²) in [5.41, 5.74) is 1.22. The molecule has 1 unspecified atom stereocenters. The molecule has 0 radical (unpaired) electrons. The molecule has 1 heterocycles. The number of nitriles is 1. The Balaban J connectivity index is 2.85. The van der Waals surface area contributed by atoms with Crippen LogP contribution in [-0.2, 0) is 4.79 Å². The van der Waals surface area contributed by atoms with E-state index in [-0.39, 0.29) is 0 Å². The van der Waals surface area contributed by atoms with E-state index in [4.69, 9.17) is 10.4 Å². The Hall–Kier alpha value is -1.61. The minimum atomic E-state index is -0.841. The molecule has 0 saturated carbocycles. The summed E-state index contributed by atoms with van der Waals surface area (Å²) in [6.45, 7) is 3.78. The lowest BCUT2D eigenvalue weighted by atomic mass is 10.1. The van der Waals surface area contributed by atoms with Gasteiger partial charge in [-0.1, -0.05) is 6.92 Å². The molecular weight excluding hydrogens is 226 g/mol. The molecule has 0 amide bonds. The van der Waals surface area contributed by atoms with Crippen LogP contribution < -0.4 is 4.90 Å². The van der Waals surface area contributed by atoms with Gasteiger partial charge in [0.1, 0.15) is 16.6 Å². The Morgan fingerprint density at radius 2 is 2.38 bits per heavy atom. The van der Waals surface area contributed by atoms with Gasteiger partial charge in [0.05, 0.1) is 11.6 Å². The first kappa shape index (κ1) is 12.5. The average Bonchev–Trinajstić information content (AvgIpc) is 2.59. The summed E-state index contributed by atoms with van der Waals surface area (Å²) in [7, 11) is 1.77. The fourth-order valence-corrected chi connectivity index (χ4v) is 2.13. The molecule has 16 heavy (non-hydrogen) atoms. The molecule has 1 atom stereocenters. The Morgan fingerprint density at radius 3 is 2.88 bits per heavy atom. The van der Waals surface area contributed by atoms with Gasteiger partial charge in [-0.05, 0) is 18.5 Å². The topological polar surface area (TPSA) is 77.2 Å². The van der Waals surface area contributed by atoms with Gasteiger partial charge in [-0.25, -0.2) is 0 Å². The second-order valence-electron chi connectivity index (χ2n) is 3.68. The zero-order chi connectivity index (χ0) is 12.3. The average molecular weight is 239 g/mol. The Kier molecular flexibility index (Phi) is 3.85. The van der Waals surface area contributed by atoms with Gasteiger partial charge in [0.2, 0.25) is 0 Å². The van der Waals surface area contributed by atoms with Crippen LogP contribution in [0, 0.1) is 24.2 Å². The quantitative estimate of drug-likeness (QED) is 0.861. The summed E-state index contributed by atoms with van der Waals surface area (Å²) in [6, 6.07) is 2.09. The Labute approximate surface area is 98.1 Å². The summed E-state index contributed by atoms with van der Waals surface area (Å²) in [6.07, 6.45) is 0. The van der Waals surface area contributed by atoms with Crippen molar-refractivity contribution in [2.24, 2.45) is 5.92 Å². The predicted molar refractivity (Wildman–Crippen MR) is 61.6 cm³/mol. The van der Waals surface area contributed by atoms with E-state index in [9.17, 15) is 4.79 Å². The predicted octanol–water partition coefficient (Wildman–Crippen LogP) is 1.48. The highest BCUT2D eigenvalue weighted by Gasteiger charge is 2.18. The van der Waals surface area contributed by atoms with Gasteiger partial charge < -0.3 is 10.0 Å². The molecule has 0 aliphatic carbocycles. The maximum Gasteiger partial charge on any atom is 0.308 e. The summed E-state index contributed by atoms with van der Waals surface area (Å²) >= 11 is 1.22. The second kappa shape index (κ2) is 4.94. The number of nitrogens with zero attached hydrogens (tertiary/aromatic N) is 3. The lowest BCUT2D eigenvalue weighted by Crippen LogP contribution is -2.28. The molecule has 1 aromatic rings. The Morgan fingerprint density at radius 1 is 1.75 bits per heavy atom. The van der Waals surface area contributed by atoms with Gasteiger partial charge in [-0.15, -0.1) is 0 Å². The minimum Gasteiger partial charge on any atom is -0.481 e. The van der Waals surface area contributed by atoms with Gasteiger partial charge in [0.25, 0.3) is 0 Å². The van der Waals surface area contributed by atoms with Crippen LogP contribution in [0.3, 0.4) is 0 Å². The van der Waals surface area contributed by atoms with Crippen molar-refractivity contribution in [3.63, 3.8) is 0 Å². The van der Waals surface area contributed by atoms with Crippen molar-refractivity contribution in [1.82, 2.24) is 4.37 Å². The van der Waals surface area contributed by atoms with Gasteiger partial charge in [-0.3, -0.25) is 4.79 Å². The second-order valence-corrected chi connectivity index (χ2v) is 4.43. The van der Waals surface area contributed by atoms with Crippen molar-refractivity contribution >= 4 is 22.5 Å². The number of carboxylic acids is 1. The number of anilines is 1. The Bertz CT molecular complexity index is 436. The third-order valence-electron chi connectivity index (χ3n) is 2.27. The monoisotopic (exact) mass is 239 g/mol. The fraction of sp³-hybridized carbons (Fsp3) is 0.500. The highest BCUT2D eigenvalue weighted by Crippen LogP contribution is 2.27. The van der Waals surface area contributed by atoms with E-state index in [0.717, 1.165) is 5.00 Å². The first-order chi connectivity index (χ1) is 7.47. The molecule has 0 fully saturated rings. The number of hydrogen-bond donors (Lipinski definition) is 1. The number of carbonyl (C=O) groups is 1. The van der Waals surface area contributed by atoms with Crippen molar-refractivity contribution in [3.05, 3.63) is 11.3 Å². The molecular formula is C10H13N3O2S. The molecule has 0 saturated heterocycles. The molecule has 0 aliphatic rings. The molecule has 0 aliphatic heterocycles. The zero-order valence-corrected chi connectivity index (χ0v) is 10.2. The summed E-state index contributed by atoms with van der Waals surface area (Å²) in [5, 5.41) is 18.5. The normalized spacial score (nSPS) is 11.9. The summed E-state index contributed by atoms with van der Waals surface area (Å²) in [5.74, 6) is -1.31. The first-order valence-electron chi connectivity index (χ1n) is 4.77. The van der Waals surface area contributed by atoms with E-state index in [1.54, 1.807) is 25.8 Å². The van der Waals surface area contributed by atoms with E-state index in [0.29, 0.717) is 17.8 Å². The van der Waals surface area contributed by atoms with Gasteiger partial charge in [0.15, 0.2) is 0 Å². The number of aryl methyl sites for hydroxylation is 1. The van der Waals surface area contributed by atoms with Crippen molar-refractivity contribution in [2.75, 3.05) is 18.5 Å². The van der Waals surface area contributed by atoms with Crippen molar-refractivity contribution in [3.8, 4) is 6.07 Å². The molecule has 1 rings (SSSR count). The largest absolute Gasteiger partial charge is 0.481 e. The number of rotatable bonds is 4. The molecule has 6 heteroatoms. The fourth-order valence-electron chi connectivity index (χ4n) is 1.32. The third kappa shape index (κ3) is 2.49. The maximum absolute atomic E-state index is 10.7. The molecule has 5 nitrogen and oxygen atoms in total. The molecule has 0 aromatic carbocycles. The SMILES string of the molecule is Cc1nsc(N(C)CC(C)C(=O)O)c1C#N. The van der Waals surface area contributed by atoms with E-state index in [1.165, 1.54) is 11.5 Å². The van der Waals surface area contributed by atoms with E-state index in [2.05, 4.69) is 10.4 Å². The van der Waals surface area contributed by atoms with Crippen LogP contribution in [0.15, 0.2) is 0 Å². The van der Waals surface area contributed by atoms with E-state index in [1.807, 2.05) is 0 Å². The third-order valence-corrected chi connectivity index (χ3v) is 3.33. The maximum atomic E-state index is 10.7. The van der Waals surface area contributed by atoms with Crippen LogP contribution in [-0.4, -0.2) is 29.0 Å². The van der Waals surface area contributed by atoms with Crippen LogP contribution in [0.2, 0.25) is 0 Å². The number of aromatic nitrogens is 1. The van der Waals surface area contributed by atoms with Crippen LogP contribution in [0.4, 0.5) is 5.00 Å². The number of hydrogen-bond acceptors (Lipinski definition) is 5. The number of carboxylic acid groups (broad SMARTS) is 1. The van der Waals surface area contributed by atoms with Crippen LogP contribution in [0.1, 0.15) is 18.2 Å². The zero-order valence-electron chi connectivity index (χ0n) is 9.39. The van der Waals surface area contributed by atoms with E-state index < -0.39 is 11.9 Å². The standard InChI is InChI=1S/C10H13N3O2S/c1-6(10(14)15)5-13(3)9-8(4-11)7(2)12-16-9/h6H,5H2,1-3H3,(H,14,15). The molecule has 1 aromatic heterocycles. The van der Waals surface area contributed by atoms with Crippen LogP contribution >= 0.6 is 11.5 Å². The van der Waals surface area contributed by atoms with E-state index >= 15 is 0 Å². The van der Waals surface area contributed by atoms with Gasteiger partial charge in [-0.2, -0.15) is 9.64 Å². The van der Waals surface area contributed by atoms with Gasteiger partial charge >= 0.3 is 5.97 Å². The summed E-state index contributed by atoms with van der Waals surface area (Å²) in [4.78, 5) is 12.5. The lowest BCUT2D eigenvalue weighted by Gasteiger charge is -2.19. The minimum absolute atomic E-state index is 0.367.